The van der Waals surface area contributed by atoms with Crippen molar-refractivity contribution in [1.29, 1.82) is 0 Å². The number of nitrogens with one attached hydrogen (secondary N) is 1. The van der Waals surface area contributed by atoms with Crippen molar-refractivity contribution < 1.29 is 0 Å². The number of benzene rings is 1. The van der Waals surface area contributed by atoms with Crippen LogP contribution < -0.4 is 11.3 Å². The van der Waals surface area contributed by atoms with Crippen LogP contribution >= 0.6 is 11.6 Å². The molecule has 0 spiro atoms. The van der Waals surface area contributed by atoms with Gasteiger partial charge in [0.1, 0.15) is 17.8 Å². The molecule has 0 unspecified atom stereocenters. The first-order valence-electron chi connectivity index (χ1n) is 11.0. The zero-order valence-corrected chi connectivity index (χ0v) is 19.4. The van der Waals surface area contributed by atoms with Gasteiger partial charge in [0.15, 0.2) is 0 Å². The molecule has 0 saturated carbocycles. The molecule has 1 aliphatic heterocycles. The number of nitrogens with zero attached hydrogens (tertiary/aromatic N) is 7. The predicted octanol–water partition coefficient (Wildman–Crippen LogP) is 3.36. The summed E-state index contributed by atoms with van der Waals surface area (Å²) in [6.07, 6.45) is 4.62. The highest BCUT2D eigenvalue weighted by molar-refractivity contribution is 6.31. The molecule has 5 heterocycles. The Balaban J connectivity index is 1.41. The Labute approximate surface area is 204 Å². The fourth-order valence-corrected chi connectivity index (χ4v) is 4.83. The number of hydrogen-bond donors (Lipinski definition) is 2. The van der Waals surface area contributed by atoms with Gasteiger partial charge in [-0.3, -0.25) is 9.78 Å². The number of H-pyrrole nitrogens is 1. The third-order valence-electron chi connectivity index (χ3n) is 6.25. The van der Waals surface area contributed by atoms with E-state index in [0.29, 0.717) is 10.7 Å². The van der Waals surface area contributed by atoms with Crippen LogP contribution in [0.25, 0.3) is 28.2 Å². The molecular formula is C24H20ClN9O. The quantitative estimate of drug-likeness (QED) is 0.398. The fraction of sp³-hybridized carbons (Fsp3) is 0.167. The van der Waals surface area contributed by atoms with Gasteiger partial charge in [0.2, 0.25) is 0 Å². The molecule has 1 atom stereocenters. The van der Waals surface area contributed by atoms with E-state index in [9.17, 15) is 4.79 Å². The molecule has 3 N–H and O–H groups in total. The SMILES string of the molecule is Cc1[nH]c([C@@H]2CCc3cc(-c4cc(Cl)ccc4-n4cnnn4)cc(=O)n32)nc1-c1ccc(N)cn1. The summed E-state index contributed by atoms with van der Waals surface area (Å²) >= 11 is 6.30. The number of tetrazole rings is 1. The number of pyridine rings is 2. The lowest BCUT2D eigenvalue weighted by molar-refractivity contribution is 0.571. The molecule has 1 aliphatic rings. The van der Waals surface area contributed by atoms with Crippen LogP contribution in [0.4, 0.5) is 5.69 Å². The topological polar surface area (TPSA) is 133 Å². The molecule has 11 heteroatoms. The lowest BCUT2D eigenvalue weighted by Gasteiger charge is -2.15. The van der Waals surface area contributed by atoms with Crippen LogP contribution in [0.5, 0.6) is 0 Å². The Hall–Kier alpha value is -4.31. The van der Waals surface area contributed by atoms with Gasteiger partial charge in [-0.25, -0.2) is 4.98 Å². The Morgan fingerprint density at radius 3 is 2.83 bits per heavy atom. The molecule has 0 amide bonds. The molecule has 0 saturated heterocycles. The average Bonchev–Trinajstić information content (AvgIpc) is 3.59. The number of halogens is 1. The van der Waals surface area contributed by atoms with Crippen molar-refractivity contribution in [1.82, 2.24) is 39.7 Å². The molecular weight excluding hydrogens is 466 g/mol. The maximum Gasteiger partial charge on any atom is 0.252 e. The largest absolute Gasteiger partial charge is 0.397 e. The molecule has 35 heavy (non-hydrogen) atoms. The van der Waals surface area contributed by atoms with Gasteiger partial charge in [-0.05, 0) is 72.2 Å². The predicted molar refractivity (Wildman–Crippen MR) is 131 cm³/mol. The van der Waals surface area contributed by atoms with Gasteiger partial charge in [-0.1, -0.05) is 11.6 Å². The van der Waals surface area contributed by atoms with E-state index in [4.69, 9.17) is 22.3 Å². The zero-order chi connectivity index (χ0) is 24.1. The highest BCUT2D eigenvalue weighted by Crippen LogP contribution is 2.34. The summed E-state index contributed by atoms with van der Waals surface area (Å²) < 4.78 is 3.36. The Morgan fingerprint density at radius 2 is 2.06 bits per heavy atom. The second-order valence-electron chi connectivity index (χ2n) is 8.49. The monoisotopic (exact) mass is 485 g/mol. The Bertz CT molecular complexity index is 1600. The minimum atomic E-state index is -0.189. The van der Waals surface area contributed by atoms with Crippen molar-refractivity contribution >= 4 is 17.3 Å². The number of nitrogens with two attached hydrogens (primary N) is 1. The van der Waals surface area contributed by atoms with Crippen LogP contribution in [0.2, 0.25) is 5.02 Å². The van der Waals surface area contributed by atoms with Crippen molar-refractivity contribution in [2.24, 2.45) is 0 Å². The highest BCUT2D eigenvalue weighted by atomic mass is 35.5. The number of rotatable bonds is 4. The summed E-state index contributed by atoms with van der Waals surface area (Å²) in [4.78, 5) is 26.0. The van der Waals surface area contributed by atoms with Crippen molar-refractivity contribution in [3.05, 3.63) is 87.6 Å². The first-order chi connectivity index (χ1) is 17.0. The summed E-state index contributed by atoms with van der Waals surface area (Å²) in [5.41, 5.74) is 11.8. The molecule has 6 rings (SSSR count). The standard InChI is InChI=1S/C24H20ClN9O/c1-13-23(19-5-3-16(26)11-27-19)30-24(29-13)21-7-4-17-8-14(9-22(35)34(17)21)18-10-15(25)2-6-20(18)33-12-28-31-32-33/h2-3,5-6,8-12,21H,4,7,26H2,1H3,(H,29,30)/t21-/m0/s1. The molecule has 4 aromatic heterocycles. The van der Waals surface area contributed by atoms with Gasteiger partial charge >= 0.3 is 0 Å². The minimum absolute atomic E-state index is 0.108. The van der Waals surface area contributed by atoms with Gasteiger partial charge in [0, 0.05) is 28.0 Å². The van der Waals surface area contributed by atoms with Crippen molar-refractivity contribution in [2.75, 3.05) is 5.73 Å². The first kappa shape index (κ1) is 21.2. The minimum Gasteiger partial charge on any atom is -0.397 e. The zero-order valence-electron chi connectivity index (χ0n) is 18.7. The van der Waals surface area contributed by atoms with E-state index in [-0.39, 0.29) is 11.6 Å². The number of aromatic amines is 1. The van der Waals surface area contributed by atoms with Crippen molar-refractivity contribution in [2.45, 2.75) is 25.8 Å². The summed E-state index contributed by atoms with van der Waals surface area (Å²) in [5.74, 6) is 0.738. The van der Waals surface area contributed by atoms with E-state index in [1.54, 1.807) is 29.1 Å². The second kappa shape index (κ2) is 8.17. The van der Waals surface area contributed by atoms with E-state index >= 15 is 0 Å². The number of nitrogen functional groups attached to an aromatic ring is 1. The molecule has 0 fully saturated rings. The maximum atomic E-state index is 13.4. The number of anilines is 1. The van der Waals surface area contributed by atoms with E-state index in [0.717, 1.165) is 58.3 Å². The van der Waals surface area contributed by atoms with E-state index in [2.05, 4.69) is 25.5 Å². The maximum absolute atomic E-state index is 13.4. The van der Waals surface area contributed by atoms with Crippen LogP contribution in [-0.2, 0) is 6.42 Å². The van der Waals surface area contributed by atoms with E-state index < -0.39 is 0 Å². The summed E-state index contributed by atoms with van der Waals surface area (Å²) in [6, 6.07) is 12.5. The summed E-state index contributed by atoms with van der Waals surface area (Å²) in [5, 5.41) is 12.0. The smallest absolute Gasteiger partial charge is 0.252 e. The van der Waals surface area contributed by atoms with Crippen molar-refractivity contribution in [3.63, 3.8) is 0 Å². The lowest BCUT2D eigenvalue weighted by atomic mass is 10.0. The lowest BCUT2D eigenvalue weighted by Crippen LogP contribution is -2.24. The average molecular weight is 486 g/mol. The van der Waals surface area contributed by atoms with Crippen LogP contribution in [0, 0.1) is 6.92 Å². The van der Waals surface area contributed by atoms with Gasteiger partial charge in [0.25, 0.3) is 5.56 Å². The van der Waals surface area contributed by atoms with Crippen LogP contribution in [-0.4, -0.2) is 39.7 Å². The number of aromatic nitrogens is 8. The third kappa shape index (κ3) is 3.68. The summed E-state index contributed by atoms with van der Waals surface area (Å²) in [6.45, 7) is 1.95. The Morgan fingerprint density at radius 1 is 1.17 bits per heavy atom. The van der Waals surface area contributed by atoms with E-state index in [1.807, 2.05) is 35.8 Å². The van der Waals surface area contributed by atoms with Gasteiger partial charge in [-0.15, -0.1) is 5.10 Å². The molecule has 5 aromatic rings. The Kier molecular flexibility index (Phi) is 4.96. The molecule has 0 aliphatic carbocycles. The van der Waals surface area contributed by atoms with Gasteiger partial charge in [0.05, 0.1) is 29.3 Å². The molecule has 174 valence electrons. The number of imidazole rings is 1. The van der Waals surface area contributed by atoms with Gasteiger partial charge < -0.3 is 15.3 Å². The van der Waals surface area contributed by atoms with E-state index in [1.165, 1.54) is 6.33 Å². The summed E-state index contributed by atoms with van der Waals surface area (Å²) in [7, 11) is 0. The number of hydrogen-bond acceptors (Lipinski definition) is 7. The van der Waals surface area contributed by atoms with Crippen LogP contribution in [0.3, 0.4) is 0 Å². The second-order valence-corrected chi connectivity index (χ2v) is 8.92. The normalized spacial score (nSPS) is 14.9. The number of aryl methyl sites for hydroxylation is 2. The molecule has 0 radical (unpaired) electrons. The number of fused-ring (bicyclic) bond motifs is 1. The van der Waals surface area contributed by atoms with Crippen molar-refractivity contribution in [3.8, 4) is 28.2 Å². The van der Waals surface area contributed by atoms with Gasteiger partial charge in [-0.2, -0.15) is 4.68 Å². The fourth-order valence-electron chi connectivity index (χ4n) is 4.66. The third-order valence-corrected chi connectivity index (χ3v) is 6.48. The highest BCUT2D eigenvalue weighted by Gasteiger charge is 2.29. The van der Waals surface area contributed by atoms with Crippen LogP contribution in [0.1, 0.15) is 29.7 Å². The molecule has 1 aromatic carbocycles. The first-order valence-corrected chi connectivity index (χ1v) is 11.4. The molecule has 0 bridgehead atoms. The molecule has 10 nitrogen and oxygen atoms in total. The van der Waals surface area contributed by atoms with Crippen LogP contribution in [0.15, 0.2) is 59.8 Å².